The minimum Gasteiger partial charge on any atom is -0.505 e. The van der Waals surface area contributed by atoms with Crippen molar-refractivity contribution < 1.29 is 14.6 Å². The monoisotopic (exact) mass is 224 g/mol. The number of hydrogen-bond donors (Lipinski definition) is 2. The Balaban J connectivity index is 2.50. The standard InChI is InChI=1S/C11H16N2O3/c1-3-16-8(2)7-13-11(15)10-9(14)5-4-6-12-10/h4-6,8,14H,3,7H2,1-2H3,(H,13,15). The van der Waals surface area contributed by atoms with Crippen LogP contribution in [0.2, 0.25) is 0 Å². The molecule has 0 aliphatic carbocycles. The molecule has 0 fully saturated rings. The SMILES string of the molecule is CCOC(C)CNC(=O)c1ncccc1O. The van der Waals surface area contributed by atoms with Crippen molar-refractivity contribution in [1.29, 1.82) is 0 Å². The van der Waals surface area contributed by atoms with E-state index in [-0.39, 0.29) is 17.5 Å². The van der Waals surface area contributed by atoms with Gasteiger partial charge in [0.05, 0.1) is 6.10 Å². The summed E-state index contributed by atoms with van der Waals surface area (Å²) in [4.78, 5) is 15.4. The van der Waals surface area contributed by atoms with E-state index in [1.54, 1.807) is 6.07 Å². The second-order valence-electron chi connectivity index (χ2n) is 3.35. The number of nitrogens with one attached hydrogen (secondary N) is 1. The number of carbonyl (C=O) groups is 1. The highest BCUT2D eigenvalue weighted by Gasteiger charge is 2.12. The Morgan fingerprint density at radius 1 is 1.69 bits per heavy atom. The molecule has 5 heteroatoms. The van der Waals surface area contributed by atoms with Gasteiger partial charge in [-0.15, -0.1) is 0 Å². The van der Waals surface area contributed by atoms with Gasteiger partial charge in [-0.2, -0.15) is 0 Å². The van der Waals surface area contributed by atoms with E-state index in [1.807, 2.05) is 13.8 Å². The normalized spacial score (nSPS) is 12.1. The van der Waals surface area contributed by atoms with Crippen LogP contribution in [0, 0.1) is 0 Å². The lowest BCUT2D eigenvalue weighted by molar-refractivity contribution is 0.0692. The van der Waals surface area contributed by atoms with Crippen molar-refractivity contribution in [3.05, 3.63) is 24.0 Å². The molecule has 0 aliphatic heterocycles. The van der Waals surface area contributed by atoms with Crippen LogP contribution >= 0.6 is 0 Å². The van der Waals surface area contributed by atoms with Gasteiger partial charge in [-0.3, -0.25) is 4.79 Å². The Morgan fingerprint density at radius 3 is 3.06 bits per heavy atom. The first-order valence-electron chi connectivity index (χ1n) is 5.19. The molecule has 0 saturated heterocycles. The molecule has 0 aromatic carbocycles. The van der Waals surface area contributed by atoms with Crippen LogP contribution in [0.15, 0.2) is 18.3 Å². The molecule has 1 amide bonds. The second kappa shape index (κ2) is 6.07. The van der Waals surface area contributed by atoms with Crippen LogP contribution in [0.4, 0.5) is 0 Å². The number of pyridine rings is 1. The smallest absolute Gasteiger partial charge is 0.273 e. The van der Waals surface area contributed by atoms with Gasteiger partial charge in [-0.1, -0.05) is 0 Å². The van der Waals surface area contributed by atoms with Crippen molar-refractivity contribution in [2.75, 3.05) is 13.2 Å². The molecule has 1 heterocycles. The van der Waals surface area contributed by atoms with Crippen molar-refractivity contribution in [2.45, 2.75) is 20.0 Å². The first-order chi connectivity index (χ1) is 7.65. The van der Waals surface area contributed by atoms with E-state index >= 15 is 0 Å². The van der Waals surface area contributed by atoms with Crippen molar-refractivity contribution in [3.8, 4) is 5.75 Å². The fourth-order valence-electron chi connectivity index (χ4n) is 1.24. The van der Waals surface area contributed by atoms with E-state index in [0.29, 0.717) is 13.2 Å². The predicted octanol–water partition coefficient (Wildman–Crippen LogP) is 0.942. The number of nitrogens with zero attached hydrogens (tertiary/aromatic N) is 1. The Bertz CT molecular complexity index is 355. The zero-order chi connectivity index (χ0) is 12.0. The van der Waals surface area contributed by atoms with Crippen LogP contribution in [0.25, 0.3) is 0 Å². The molecule has 0 aliphatic rings. The molecule has 0 radical (unpaired) electrons. The predicted molar refractivity (Wildman–Crippen MR) is 59.3 cm³/mol. The van der Waals surface area contributed by atoms with E-state index in [1.165, 1.54) is 12.3 Å². The fourth-order valence-corrected chi connectivity index (χ4v) is 1.24. The highest BCUT2D eigenvalue weighted by molar-refractivity contribution is 5.94. The van der Waals surface area contributed by atoms with Crippen molar-refractivity contribution in [2.24, 2.45) is 0 Å². The fraction of sp³-hybridized carbons (Fsp3) is 0.455. The lowest BCUT2D eigenvalue weighted by Gasteiger charge is -2.12. The van der Waals surface area contributed by atoms with Gasteiger partial charge < -0.3 is 15.2 Å². The number of amides is 1. The number of hydrogen-bond acceptors (Lipinski definition) is 4. The molecule has 1 atom stereocenters. The van der Waals surface area contributed by atoms with Crippen LogP contribution in [0.1, 0.15) is 24.3 Å². The third-order valence-electron chi connectivity index (χ3n) is 2.00. The molecule has 5 nitrogen and oxygen atoms in total. The number of aromatic hydroxyl groups is 1. The van der Waals surface area contributed by atoms with Crippen LogP contribution < -0.4 is 5.32 Å². The van der Waals surface area contributed by atoms with E-state index in [2.05, 4.69) is 10.3 Å². The molecular weight excluding hydrogens is 208 g/mol. The Kier molecular flexibility index (Phi) is 4.72. The van der Waals surface area contributed by atoms with Gasteiger partial charge >= 0.3 is 0 Å². The quantitative estimate of drug-likeness (QED) is 0.780. The maximum Gasteiger partial charge on any atom is 0.273 e. The number of rotatable bonds is 5. The lowest BCUT2D eigenvalue weighted by Crippen LogP contribution is -2.32. The zero-order valence-corrected chi connectivity index (χ0v) is 9.43. The zero-order valence-electron chi connectivity index (χ0n) is 9.43. The summed E-state index contributed by atoms with van der Waals surface area (Å²) in [6, 6.07) is 2.99. The minimum atomic E-state index is -0.398. The third kappa shape index (κ3) is 3.51. The summed E-state index contributed by atoms with van der Waals surface area (Å²) >= 11 is 0. The molecule has 0 bridgehead atoms. The number of ether oxygens (including phenoxy) is 1. The largest absolute Gasteiger partial charge is 0.505 e. The molecule has 1 rings (SSSR count). The molecular formula is C11H16N2O3. The summed E-state index contributed by atoms with van der Waals surface area (Å²) < 4.78 is 5.26. The van der Waals surface area contributed by atoms with E-state index < -0.39 is 5.91 Å². The molecule has 16 heavy (non-hydrogen) atoms. The average molecular weight is 224 g/mol. The summed E-state index contributed by atoms with van der Waals surface area (Å²) in [6.45, 7) is 4.75. The number of aromatic nitrogens is 1. The third-order valence-corrected chi connectivity index (χ3v) is 2.00. The summed E-state index contributed by atoms with van der Waals surface area (Å²) in [5, 5.41) is 12.0. The van der Waals surface area contributed by atoms with Gasteiger partial charge in [0.1, 0.15) is 5.75 Å². The molecule has 1 aromatic heterocycles. The Labute approximate surface area is 94.5 Å². The Hall–Kier alpha value is -1.62. The van der Waals surface area contributed by atoms with Gasteiger partial charge in [0.15, 0.2) is 5.69 Å². The van der Waals surface area contributed by atoms with Crippen LogP contribution in [-0.4, -0.2) is 35.3 Å². The summed E-state index contributed by atoms with van der Waals surface area (Å²) in [5.74, 6) is -0.520. The minimum absolute atomic E-state index is 0.0335. The van der Waals surface area contributed by atoms with Crippen molar-refractivity contribution >= 4 is 5.91 Å². The van der Waals surface area contributed by atoms with Crippen molar-refractivity contribution in [3.63, 3.8) is 0 Å². The molecule has 2 N–H and O–H groups in total. The average Bonchev–Trinajstić information content (AvgIpc) is 2.27. The maximum atomic E-state index is 11.6. The number of carbonyl (C=O) groups excluding carboxylic acids is 1. The topological polar surface area (TPSA) is 71.5 Å². The van der Waals surface area contributed by atoms with Gasteiger partial charge in [0, 0.05) is 19.3 Å². The van der Waals surface area contributed by atoms with Gasteiger partial charge in [0.25, 0.3) is 5.91 Å². The van der Waals surface area contributed by atoms with Crippen LogP contribution in [0.5, 0.6) is 5.75 Å². The van der Waals surface area contributed by atoms with Gasteiger partial charge in [0.2, 0.25) is 0 Å². The van der Waals surface area contributed by atoms with Crippen LogP contribution in [0.3, 0.4) is 0 Å². The van der Waals surface area contributed by atoms with E-state index in [0.717, 1.165) is 0 Å². The first-order valence-corrected chi connectivity index (χ1v) is 5.19. The lowest BCUT2D eigenvalue weighted by atomic mass is 10.3. The molecule has 1 aromatic rings. The second-order valence-corrected chi connectivity index (χ2v) is 3.35. The Morgan fingerprint density at radius 2 is 2.44 bits per heavy atom. The molecule has 88 valence electrons. The maximum absolute atomic E-state index is 11.6. The summed E-state index contributed by atoms with van der Waals surface area (Å²) in [7, 11) is 0. The highest BCUT2D eigenvalue weighted by atomic mass is 16.5. The van der Waals surface area contributed by atoms with Gasteiger partial charge in [-0.25, -0.2) is 4.98 Å². The molecule has 0 spiro atoms. The molecule has 0 saturated carbocycles. The van der Waals surface area contributed by atoms with Crippen molar-refractivity contribution in [1.82, 2.24) is 10.3 Å². The van der Waals surface area contributed by atoms with Crippen LogP contribution in [-0.2, 0) is 4.74 Å². The highest BCUT2D eigenvalue weighted by Crippen LogP contribution is 2.11. The van der Waals surface area contributed by atoms with E-state index in [4.69, 9.17) is 4.74 Å². The summed E-state index contributed by atoms with van der Waals surface area (Å²) in [6.07, 6.45) is 1.40. The molecule has 1 unspecified atom stereocenters. The first kappa shape index (κ1) is 12.4. The summed E-state index contributed by atoms with van der Waals surface area (Å²) in [5.41, 5.74) is 0.0335. The van der Waals surface area contributed by atoms with Gasteiger partial charge in [-0.05, 0) is 26.0 Å². The van der Waals surface area contributed by atoms with E-state index in [9.17, 15) is 9.90 Å².